The molecule has 5 rings (SSSR count). The van der Waals surface area contributed by atoms with Crippen molar-refractivity contribution in [2.24, 2.45) is 0 Å². The van der Waals surface area contributed by atoms with Gasteiger partial charge in [0.05, 0.1) is 16.6 Å². The number of amides is 1. The van der Waals surface area contributed by atoms with Gasteiger partial charge in [0.1, 0.15) is 0 Å². The van der Waals surface area contributed by atoms with Crippen LogP contribution in [0.1, 0.15) is 45.6 Å². The van der Waals surface area contributed by atoms with Crippen molar-refractivity contribution >= 4 is 28.6 Å². The molecule has 0 aliphatic carbocycles. The predicted molar refractivity (Wildman–Crippen MR) is 146 cm³/mol. The number of rotatable bonds is 6. The number of nitrogens with one attached hydrogen (secondary N) is 2. The number of carbonyl (C=O) groups is 1. The monoisotopic (exact) mass is 551 g/mol. The Bertz CT molecular complexity index is 1660. The molecule has 4 aromatic rings. The largest absolute Gasteiger partial charge is 0.416 e. The molecule has 0 atom stereocenters. The fourth-order valence-corrected chi connectivity index (χ4v) is 4.95. The lowest BCUT2D eigenvalue weighted by molar-refractivity contribution is -0.138. The van der Waals surface area contributed by atoms with E-state index in [9.17, 15) is 22.8 Å². The maximum Gasteiger partial charge on any atom is 0.416 e. The highest BCUT2D eigenvalue weighted by Gasteiger charge is 2.34. The van der Waals surface area contributed by atoms with Crippen LogP contribution in [-0.4, -0.2) is 50.5 Å². The van der Waals surface area contributed by atoms with E-state index >= 15 is 0 Å². The summed E-state index contributed by atoms with van der Waals surface area (Å²) in [4.78, 5) is 40.6. The molecular weight excluding hydrogens is 523 g/mol. The highest BCUT2D eigenvalue weighted by atomic mass is 19.4. The topological polar surface area (TPSA) is 105 Å². The number of benzene rings is 2. The van der Waals surface area contributed by atoms with Gasteiger partial charge in [0.2, 0.25) is 5.95 Å². The average Bonchev–Trinajstić information content (AvgIpc) is 3.42. The van der Waals surface area contributed by atoms with E-state index in [1.54, 1.807) is 45.3 Å². The van der Waals surface area contributed by atoms with Gasteiger partial charge < -0.3 is 10.6 Å². The van der Waals surface area contributed by atoms with E-state index in [1.807, 2.05) is 4.90 Å². The van der Waals surface area contributed by atoms with E-state index in [-0.39, 0.29) is 23.3 Å². The Balaban J connectivity index is 1.46. The summed E-state index contributed by atoms with van der Waals surface area (Å²) in [5.74, 6) is -0.364. The minimum atomic E-state index is -4.60. The number of alkyl halides is 3. The van der Waals surface area contributed by atoms with Crippen LogP contribution in [0.25, 0.3) is 16.7 Å². The number of hydrogen-bond acceptors (Lipinski definition) is 7. The summed E-state index contributed by atoms with van der Waals surface area (Å²) in [6.45, 7) is 5.24. The lowest BCUT2D eigenvalue weighted by Crippen LogP contribution is -2.25. The van der Waals surface area contributed by atoms with Gasteiger partial charge in [0, 0.05) is 36.7 Å². The molecule has 9 nitrogen and oxygen atoms in total. The van der Waals surface area contributed by atoms with E-state index in [1.165, 1.54) is 16.7 Å². The van der Waals surface area contributed by atoms with Gasteiger partial charge in [-0.15, -0.1) is 0 Å². The van der Waals surface area contributed by atoms with Gasteiger partial charge in [-0.2, -0.15) is 23.1 Å². The van der Waals surface area contributed by atoms with Gasteiger partial charge in [-0.05, 0) is 75.2 Å². The van der Waals surface area contributed by atoms with Gasteiger partial charge in [-0.25, -0.2) is 9.78 Å². The molecule has 1 fully saturated rings. The fraction of sp³-hybridized carbons (Fsp3) is 0.321. The SMILES string of the molecule is CNc1ncc2c(C)n(-c3cc(NC(=O)c4ccc(CN5CCCC5)c(C(F)(F)F)c4)ccc3C)c(=O)nc2n1. The molecule has 1 amide bonds. The van der Waals surface area contributed by atoms with Crippen LogP contribution in [-0.2, 0) is 12.7 Å². The minimum Gasteiger partial charge on any atom is -0.357 e. The molecule has 1 aliphatic rings. The minimum absolute atomic E-state index is 0.113. The number of anilines is 2. The normalized spacial score (nSPS) is 14.1. The van der Waals surface area contributed by atoms with Crippen LogP contribution in [0.2, 0.25) is 0 Å². The zero-order chi connectivity index (χ0) is 28.6. The summed E-state index contributed by atoms with van der Waals surface area (Å²) >= 11 is 0. The van der Waals surface area contributed by atoms with Crippen LogP contribution < -0.4 is 16.3 Å². The van der Waals surface area contributed by atoms with Crippen LogP contribution in [0.15, 0.2) is 47.4 Å². The standard InChI is InChI=1S/C28H28F3N7O2/c1-16-6-9-20(13-23(16)38-17(2)21-14-33-26(32-3)35-24(21)36-27(38)40)34-25(39)18-7-8-19(15-37-10-4-5-11-37)22(12-18)28(29,30)31/h6-9,12-14H,4-5,10-11,15H2,1-3H3,(H,34,39)(H,32,35,36,40). The molecule has 0 saturated carbocycles. The van der Waals surface area contributed by atoms with Gasteiger partial charge in [0.25, 0.3) is 5.91 Å². The van der Waals surface area contributed by atoms with Crippen molar-refractivity contribution in [3.8, 4) is 5.69 Å². The van der Waals surface area contributed by atoms with Crippen molar-refractivity contribution in [3.63, 3.8) is 0 Å². The smallest absolute Gasteiger partial charge is 0.357 e. The maximum atomic E-state index is 13.9. The third kappa shape index (κ3) is 5.39. The molecule has 2 N–H and O–H groups in total. The quantitative estimate of drug-likeness (QED) is 0.358. The summed E-state index contributed by atoms with van der Waals surface area (Å²) in [7, 11) is 1.66. The highest BCUT2D eigenvalue weighted by molar-refractivity contribution is 6.04. The Morgan fingerprint density at radius 1 is 1.05 bits per heavy atom. The summed E-state index contributed by atoms with van der Waals surface area (Å²) < 4.78 is 43.1. The molecule has 3 heterocycles. The number of likely N-dealkylation sites (tertiary alicyclic amines) is 1. The first-order valence-electron chi connectivity index (χ1n) is 12.8. The van der Waals surface area contributed by atoms with Gasteiger partial charge in [-0.1, -0.05) is 12.1 Å². The number of aromatic nitrogens is 4. The molecule has 2 aromatic carbocycles. The Morgan fingerprint density at radius 3 is 2.50 bits per heavy atom. The third-order valence-electron chi connectivity index (χ3n) is 7.09. The summed E-state index contributed by atoms with van der Waals surface area (Å²) in [6.07, 6.45) is -1.10. The van der Waals surface area contributed by atoms with Crippen molar-refractivity contribution in [1.29, 1.82) is 0 Å². The first-order valence-corrected chi connectivity index (χ1v) is 12.8. The molecule has 0 bridgehead atoms. The lowest BCUT2D eigenvalue weighted by atomic mass is 10.0. The molecule has 0 radical (unpaired) electrons. The van der Waals surface area contributed by atoms with E-state index in [0.717, 1.165) is 37.6 Å². The van der Waals surface area contributed by atoms with E-state index in [0.29, 0.717) is 28.4 Å². The van der Waals surface area contributed by atoms with Crippen molar-refractivity contribution in [1.82, 2.24) is 24.4 Å². The van der Waals surface area contributed by atoms with E-state index < -0.39 is 23.3 Å². The van der Waals surface area contributed by atoms with Gasteiger partial charge >= 0.3 is 11.9 Å². The number of aryl methyl sites for hydroxylation is 2. The summed E-state index contributed by atoms with van der Waals surface area (Å²) in [6, 6.07) is 8.61. The van der Waals surface area contributed by atoms with Crippen molar-refractivity contribution in [2.45, 2.75) is 39.4 Å². The number of carbonyl (C=O) groups excluding carboxylic acids is 1. The van der Waals surface area contributed by atoms with Crippen molar-refractivity contribution in [2.75, 3.05) is 30.8 Å². The Labute approximate surface area is 228 Å². The first-order chi connectivity index (χ1) is 19.0. The molecule has 1 saturated heterocycles. The average molecular weight is 552 g/mol. The van der Waals surface area contributed by atoms with Gasteiger partial charge in [-0.3, -0.25) is 14.3 Å². The van der Waals surface area contributed by atoms with Crippen LogP contribution in [0.4, 0.5) is 24.8 Å². The Morgan fingerprint density at radius 2 is 1.80 bits per heavy atom. The fourth-order valence-electron chi connectivity index (χ4n) is 4.95. The summed E-state index contributed by atoms with van der Waals surface area (Å²) in [5.41, 5.74) is 0.943. The number of nitrogens with zero attached hydrogens (tertiary/aromatic N) is 5. The number of hydrogen-bond donors (Lipinski definition) is 2. The highest BCUT2D eigenvalue weighted by Crippen LogP contribution is 2.34. The number of fused-ring (bicyclic) bond motifs is 1. The zero-order valence-corrected chi connectivity index (χ0v) is 22.3. The second kappa shape index (κ2) is 10.7. The molecule has 1 aliphatic heterocycles. The molecule has 0 unspecified atom stereocenters. The van der Waals surface area contributed by atoms with E-state index in [4.69, 9.17) is 0 Å². The molecule has 0 spiro atoms. The number of halogens is 3. The first kappa shape index (κ1) is 27.3. The van der Waals surface area contributed by atoms with Crippen LogP contribution in [0.3, 0.4) is 0 Å². The van der Waals surface area contributed by atoms with Crippen LogP contribution in [0.5, 0.6) is 0 Å². The van der Waals surface area contributed by atoms with Crippen LogP contribution in [0, 0.1) is 13.8 Å². The Hall–Kier alpha value is -4.32. The Kier molecular flexibility index (Phi) is 7.28. The second-order valence-electron chi connectivity index (χ2n) is 9.80. The second-order valence-corrected chi connectivity index (χ2v) is 9.80. The molecule has 2 aromatic heterocycles. The van der Waals surface area contributed by atoms with Crippen molar-refractivity contribution < 1.29 is 18.0 Å². The third-order valence-corrected chi connectivity index (χ3v) is 7.09. The lowest BCUT2D eigenvalue weighted by Gasteiger charge is -2.20. The summed E-state index contributed by atoms with van der Waals surface area (Å²) in [5, 5.41) is 6.05. The zero-order valence-electron chi connectivity index (χ0n) is 22.3. The van der Waals surface area contributed by atoms with Crippen molar-refractivity contribution in [3.05, 3.63) is 81.0 Å². The van der Waals surface area contributed by atoms with Crippen LogP contribution >= 0.6 is 0 Å². The molecular formula is C28H28F3N7O2. The molecule has 40 heavy (non-hydrogen) atoms. The molecule has 208 valence electrons. The predicted octanol–water partition coefficient (Wildman–Crippen LogP) is 4.70. The van der Waals surface area contributed by atoms with Gasteiger partial charge in [0.15, 0.2) is 5.65 Å². The maximum absolute atomic E-state index is 13.9. The van der Waals surface area contributed by atoms with E-state index in [2.05, 4.69) is 25.6 Å². The molecule has 12 heteroatoms.